The molecule has 0 aliphatic carbocycles. The number of rotatable bonds is 28. The smallest absolute Gasteiger partial charge is 0.261 e. The maximum Gasteiger partial charge on any atom is 0.261 e. The summed E-state index contributed by atoms with van der Waals surface area (Å²) in [4.78, 5) is 47.4. The van der Waals surface area contributed by atoms with Crippen molar-refractivity contribution in [2.75, 3.05) is 45.8 Å². The number of anilines is 1. The number of carbonyl (C=O) groups is 1. The minimum Gasteiger partial charge on any atom is -0.369 e. The van der Waals surface area contributed by atoms with Crippen LogP contribution in [0.25, 0.3) is 22.3 Å². The third-order valence-electron chi connectivity index (χ3n) is 14.7. The summed E-state index contributed by atoms with van der Waals surface area (Å²) in [6.07, 6.45) is 5.93. The van der Waals surface area contributed by atoms with E-state index in [0.29, 0.717) is 40.1 Å². The molecule has 87 heavy (non-hydrogen) atoms. The van der Waals surface area contributed by atoms with Gasteiger partial charge in [-0.05, 0) is 68.3 Å². The predicted octanol–water partition coefficient (Wildman–Crippen LogP) is 10.1. The Labute approximate surface area is 512 Å². The Kier molecular flexibility index (Phi) is 20.9. The van der Waals surface area contributed by atoms with Crippen LogP contribution in [0.1, 0.15) is 92.9 Å². The molecular formula is C61H70N16O7P2S. The number of fused-ring (bicyclic) bond motifs is 2. The largest absolute Gasteiger partial charge is 0.369 e. The van der Waals surface area contributed by atoms with Crippen molar-refractivity contribution in [3.05, 3.63) is 169 Å². The number of hydrogen-bond acceptors (Lipinski definition) is 19. The van der Waals surface area contributed by atoms with Gasteiger partial charge in [0.2, 0.25) is 0 Å². The standard InChI is InChI=1S/C61H70N16O7P2S/c1-42(2)77(43(3)4)85(79-31-19-29-62)80-35-50-49(34-53(83-50)76-41-69-55-57(65-38-67-59(55)76)71-60(78)44-21-11-7-12-22-44)73-86(87,81-32-20-30-63)82-36-51-48(33-52(84-51)75-40-68-54-56(70-39-74(5)6)64-37-66-58(54)75)72-61(45-23-13-8-14-24-45,46-25-15-9-16-26-46)47-27-17-10-18-28-47/h7-18,21-28,37-43,48-53,72H,19-20,31-36H2,1-6H3,(H,73,87)(H,65,67,71,78)/t48?,49?,50-,51-,52-,53-,85?,86?/m1/s1. The lowest BCUT2D eigenvalue weighted by atomic mass is 9.76. The number of nitrogens with one attached hydrogen (secondary N) is 3. The SMILES string of the molecule is CC(C)N(C(C)C)P(OCCC#N)OC[C@H]1O[C@@H](n2cnc3c(NC(=O)c4ccccc4)ncnc32)CC1NP(=S)(OCCC#N)OC[C@H]1O[C@@H](n2cnc3c(N=CN(C)C)ncnc32)CC1NC(c1ccccc1)(c1ccccc1)c1ccccc1. The van der Waals surface area contributed by atoms with Gasteiger partial charge in [-0.2, -0.15) is 10.5 Å². The van der Waals surface area contributed by atoms with Gasteiger partial charge in [0, 0.05) is 56.7 Å². The number of hydrogen-bond donors (Lipinski definition) is 3. The lowest BCUT2D eigenvalue weighted by molar-refractivity contribution is -0.0252. The molecule has 4 unspecified atom stereocenters. The first kappa shape index (κ1) is 62.7. The second-order valence-corrected chi connectivity index (χ2v) is 26.2. The van der Waals surface area contributed by atoms with Crippen molar-refractivity contribution < 1.29 is 32.4 Å². The third-order valence-corrected chi connectivity index (χ3v) is 19.4. The van der Waals surface area contributed by atoms with Gasteiger partial charge in [-0.3, -0.25) is 19.2 Å². The zero-order chi connectivity index (χ0) is 60.9. The third kappa shape index (κ3) is 14.6. The molecule has 4 aromatic carbocycles. The summed E-state index contributed by atoms with van der Waals surface area (Å²) in [5.74, 6) is 0.277. The van der Waals surface area contributed by atoms with E-state index in [9.17, 15) is 15.3 Å². The van der Waals surface area contributed by atoms with E-state index in [4.69, 9.17) is 54.3 Å². The lowest BCUT2D eigenvalue weighted by Crippen LogP contribution is -2.53. The molecule has 8 atom stereocenters. The van der Waals surface area contributed by atoms with E-state index in [1.165, 1.54) is 12.7 Å². The minimum absolute atomic E-state index is 0.0143. The van der Waals surface area contributed by atoms with E-state index >= 15 is 0 Å². The van der Waals surface area contributed by atoms with E-state index in [-0.39, 0.29) is 69.5 Å². The second-order valence-electron chi connectivity index (χ2n) is 21.5. The summed E-state index contributed by atoms with van der Waals surface area (Å²) < 4.78 is 46.7. The summed E-state index contributed by atoms with van der Waals surface area (Å²) in [7, 11) is 2.06. The fourth-order valence-corrected chi connectivity index (χ4v) is 14.9. The molecule has 2 aliphatic rings. The molecule has 6 heterocycles. The van der Waals surface area contributed by atoms with Crippen LogP contribution in [0.2, 0.25) is 0 Å². The van der Waals surface area contributed by atoms with Crippen LogP contribution in [-0.2, 0) is 44.9 Å². The van der Waals surface area contributed by atoms with Crippen molar-refractivity contribution in [1.29, 1.82) is 10.5 Å². The summed E-state index contributed by atoms with van der Waals surface area (Å²) in [5, 5.41) is 30.1. The van der Waals surface area contributed by atoms with E-state index in [0.717, 1.165) is 16.7 Å². The number of nitrogens with zero attached hydrogens (tertiary/aromatic N) is 13. The molecule has 4 aromatic heterocycles. The van der Waals surface area contributed by atoms with Crippen LogP contribution in [0.5, 0.6) is 0 Å². The van der Waals surface area contributed by atoms with Gasteiger partial charge in [-0.15, -0.1) is 0 Å². The highest BCUT2D eigenvalue weighted by Crippen LogP contribution is 2.51. The number of benzene rings is 4. The lowest BCUT2D eigenvalue weighted by Gasteiger charge is -2.40. The first-order chi connectivity index (χ1) is 42.3. The number of aliphatic imine (C=N–C) groups is 1. The Morgan fingerprint density at radius 2 is 1.25 bits per heavy atom. The summed E-state index contributed by atoms with van der Waals surface area (Å²) in [6.45, 7) is 4.69. The van der Waals surface area contributed by atoms with Crippen molar-refractivity contribution in [3.8, 4) is 12.1 Å². The highest BCUT2D eigenvalue weighted by atomic mass is 32.5. The Balaban J connectivity index is 1.00. The topological polar surface area (TPSA) is 262 Å². The van der Waals surface area contributed by atoms with Gasteiger partial charge in [-0.25, -0.2) is 44.7 Å². The van der Waals surface area contributed by atoms with Crippen molar-refractivity contribution in [1.82, 2.24) is 59.0 Å². The number of carbonyl (C=O) groups excluding carboxylic acids is 1. The molecule has 0 radical (unpaired) electrons. The number of amides is 1. The summed E-state index contributed by atoms with van der Waals surface area (Å²) in [6, 6.07) is 43.2. The van der Waals surface area contributed by atoms with Gasteiger partial charge in [-0.1, -0.05) is 109 Å². The summed E-state index contributed by atoms with van der Waals surface area (Å²) >= 11 is 6.56. The van der Waals surface area contributed by atoms with Crippen LogP contribution in [0.15, 0.2) is 152 Å². The molecule has 23 nitrogen and oxygen atoms in total. The Morgan fingerprint density at radius 1 is 0.724 bits per heavy atom. The van der Waals surface area contributed by atoms with E-state index in [1.807, 2.05) is 84.2 Å². The maximum absolute atomic E-state index is 13.4. The molecule has 26 heteroatoms. The fourth-order valence-electron chi connectivity index (χ4n) is 10.9. The van der Waals surface area contributed by atoms with Gasteiger partial charge in [0.1, 0.15) is 25.1 Å². The number of ether oxygens (including phenoxy) is 2. The molecule has 452 valence electrons. The van der Waals surface area contributed by atoms with Crippen LogP contribution >= 0.6 is 15.2 Å². The van der Waals surface area contributed by atoms with E-state index in [1.54, 1.807) is 47.8 Å². The molecule has 2 aliphatic heterocycles. The molecule has 1 amide bonds. The highest BCUT2D eigenvalue weighted by molar-refractivity contribution is 8.09. The van der Waals surface area contributed by atoms with Crippen LogP contribution in [0.3, 0.4) is 0 Å². The van der Waals surface area contributed by atoms with Gasteiger partial charge in [0.15, 0.2) is 34.0 Å². The van der Waals surface area contributed by atoms with Crippen molar-refractivity contribution in [3.63, 3.8) is 0 Å². The van der Waals surface area contributed by atoms with Crippen molar-refractivity contribution in [2.24, 2.45) is 4.99 Å². The molecular weight excluding hydrogens is 1160 g/mol. The molecule has 2 saturated heterocycles. The molecule has 8 aromatic rings. The Morgan fingerprint density at radius 3 is 1.83 bits per heavy atom. The average molecular weight is 1230 g/mol. The monoisotopic (exact) mass is 1230 g/mol. The molecule has 0 bridgehead atoms. The van der Waals surface area contributed by atoms with Gasteiger partial charge in [0.25, 0.3) is 21.1 Å². The van der Waals surface area contributed by atoms with Crippen molar-refractivity contribution >= 4 is 73.2 Å². The fraction of sp³-hybridized carbons (Fsp3) is 0.377. The van der Waals surface area contributed by atoms with Crippen LogP contribution in [0.4, 0.5) is 11.6 Å². The molecule has 3 N–H and O–H groups in total. The average Bonchev–Trinajstić information content (AvgIpc) is 2.04. The molecule has 0 saturated carbocycles. The normalized spacial score (nSPS) is 19.9. The van der Waals surface area contributed by atoms with Crippen LogP contribution in [0, 0.1) is 22.7 Å². The number of aromatic nitrogens is 8. The first-order valence-electron chi connectivity index (χ1n) is 28.7. The summed E-state index contributed by atoms with van der Waals surface area (Å²) in [5.41, 5.74) is 4.33. The minimum atomic E-state index is -3.65. The van der Waals surface area contributed by atoms with Gasteiger partial charge >= 0.3 is 0 Å². The zero-order valence-electron chi connectivity index (χ0n) is 49.2. The van der Waals surface area contributed by atoms with E-state index < -0.39 is 57.5 Å². The quantitative estimate of drug-likeness (QED) is 0.0135. The van der Waals surface area contributed by atoms with E-state index in [2.05, 4.69) is 117 Å². The molecule has 0 spiro atoms. The first-order valence-corrected chi connectivity index (χ1v) is 32.5. The second kappa shape index (κ2) is 29.1. The van der Waals surface area contributed by atoms with Gasteiger partial charge in [0.05, 0.1) is 88.1 Å². The Bertz CT molecular complexity index is 3620. The maximum atomic E-state index is 13.4. The number of nitriles is 2. The zero-order valence-corrected chi connectivity index (χ0v) is 51.8. The highest BCUT2D eigenvalue weighted by Gasteiger charge is 2.47. The van der Waals surface area contributed by atoms with Crippen LogP contribution < -0.4 is 15.7 Å². The van der Waals surface area contributed by atoms with Crippen LogP contribution in [-0.4, -0.2) is 138 Å². The Hall–Kier alpha value is -7.38. The predicted molar refractivity (Wildman–Crippen MR) is 335 cm³/mol. The molecule has 10 rings (SSSR count). The van der Waals surface area contributed by atoms with Crippen molar-refractivity contribution in [2.45, 2.75) is 108 Å². The molecule has 2 fully saturated rings. The number of imidazole rings is 2. The van der Waals surface area contributed by atoms with Gasteiger partial charge < -0.3 is 37.8 Å².